The third kappa shape index (κ3) is 6.22. The minimum atomic E-state index is -4.30. The molecule has 2 fully saturated rings. The molecule has 2 aromatic carbocycles. The Labute approximate surface area is 225 Å². The summed E-state index contributed by atoms with van der Waals surface area (Å²) in [6.45, 7) is 5.06. The highest BCUT2D eigenvalue weighted by molar-refractivity contribution is 6.30. The van der Waals surface area contributed by atoms with Crippen LogP contribution in [0.3, 0.4) is 0 Å². The van der Waals surface area contributed by atoms with E-state index >= 15 is 0 Å². The van der Waals surface area contributed by atoms with Crippen LogP contribution in [0.2, 0.25) is 5.02 Å². The van der Waals surface area contributed by atoms with Gasteiger partial charge >= 0.3 is 6.18 Å². The van der Waals surface area contributed by atoms with Crippen LogP contribution in [0.1, 0.15) is 60.0 Å². The van der Waals surface area contributed by atoms with Crippen molar-refractivity contribution in [3.05, 3.63) is 82.0 Å². The van der Waals surface area contributed by atoms with Gasteiger partial charge < -0.3 is 19.5 Å². The smallest absolute Gasteiger partial charge is 0.381 e. The van der Waals surface area contributed by atoms with E-state index in [0.29, 0.717) is 36.5 Å². The predicted octanol–water partition coefficient (Wildman–Crippen LogP) is 5.81. The maximum absolute atomic E-state index is 13.1. The van der Waals surface area contributed by atoms with E-state index in [1.807, 2.05) is 30.3 Å². The van der Waals surface area contributed by atoms with E-state index in [2.05, 4.69) is 15.4 Å². The van der Waals surface area contributed by atoms with Gasteiger partial charge in [0.05, 0.1) is 17.5 Å². The Morgan fingerprint density at radius 3 is 2.50 bits per heavy atom. The van der Waals surface area contributed by atoms with E-state index in [1.165, 1.54) is 12.1 Å². The lowest BCUT2D eigenvalue weighted by Crippen LogP contribution is -2.37. The number of hydrogen-bond donors (Lipinski definition) is 1. The highest BCUT2D eigenvalue weighted by atomic mass is 35.5. The summed E-state index contributed by atoms with van der Waals surface area (Å²) < 4.78 is 50.4. The number of nitrogens with one attached hydrogen (secondary N) is 1. The van der Waals surface area contributed by atoms with Gasteiger partial charge in [-0.05, 0) is 74.0 Å². The van der Waals surface area contributed by atoms with Crippen LogP contribution in [0, 0.1) is 0 Å². The first-order chi connectivity index (χ1) is 18.3. The van der Waals surface area contributed by atoms with Crippen LogP contribution in [-0.2, 0) is 22.9 Å². The van der Waals surface area contributed by atoms with E-state index in [-0.39, 0.29) is 11.3 Å². The summed E-state index contributed by atoms with van der Waals surface area (Å²) in [7, 11) is 0. The van der Waals surface area contributed by atoms with E-state index in [1.54, 1.807) is 0 Å². The fourth-order valence-corrected chi connectivity index (χ4v) is 5.67. The van der Waals surface area contributed by atoms with Crippen molar-refractivity contribution in [2.45, 2.75) is 49.7 Å². The highest BCUT2D eigenvalue weighted by Gasteiger charge is 2.40. The van der Waals surface area contributed by atoms with Gasteiger partial charge in [0.25, 0.3) is 0 Å². The summed E-state index contributed by atoms with van der Waals surface area (Å²) in [5.41, 5.74) is 0.973. The monoisotopic (exact) mass is 548 g/mol. The molecule has 0 amide bonds. The third-order valence-corrected chi connectivity index (χ3v) is 8.05. The lowest BCUT2D eigenvalue weighted by atomic mass is 9.73. The summed E-state index contributed by atoms with van der Waals surface area (Å²) in [6, 6.07) is 13.6. The Kier molecular flexibility index (Phi) is 8.38. The standard InChI is InChI=1S/C28H32ClF3N4O2/c29-24-6-4-22(5-7-24)27(10-16-37-17-11-27)26-34-25(38-35-26)19-33-12-15-36-13-8-20(9-14-36)21-2-1-3-23(18-21)28(30,31)32/h1-7,18,20,33H,8-17,19H2. The molecular weight excluding hydrogens is 517 g/mol. The van der Waals surface area contributed by atoms with Crippen molar-refractivity contribution in [1.82, 2.24) is 20.4 Å². The Balaban J connectivity index is 1.10. The number of aromatic nitrogens is 2. The van der Waals surface area contributed by atoms with Gasteiger partial charge in [-0.2, -0.15) is 18.2 Å². The first kappa shape index (κ1) is 27.1. The summed E-state index contributed by atoms with van der Waals surface area (Å²) in [5.74, 6) is 1.39. The number of likely N-dealkylation sites (tertiary alicyclic amines) is 1. The molecule has 1 N–H and O–H groups in total. The molecule has 2 saturated heterocycles. The van der Waals surface area contributed by atoms with E-state index < -0.39 is 11.7 Å². The maximum atomic E-state index is 13.1. The predicted molar refractivity (Wildman–Crippen MR) is 138 cm³/mol. The minimum Gasteiger partial charge on any atom is -0.381 e. The van der Waals surface area contributed by atoms with Gasteiger partial charge in [0.2, 0.25) is 5.89 Å². The van der Waals surface area contributed by atoms with E-state index in [0.717, 1.165) is 69.1 Å². The van der Waals surface area contributed by atoms with Gasteiger partial charge in [-0.25, -0.2) is 0 Å². The number of alkyl halides is 3. The zero-order valence-corrected chi connectivity index (χ0v) is 21.9. The van der Waals surface area contributed by atoms with Crippen molar-refractivity contribution >= 4 is 11.6 Å². The number of ether oxygens (including phenoxy) is 1. The van der Waals surface area contributed by atoms with Crippen LogP contribution < -0.4 is 5.32 Å². The molecule has 0 atom stereocenters. The average Bonchev–Trinajstić information content (AvgIpc) is 3.41. The number of piperidine rings is 1. The number of hydrogen-bond acceptors (Lipinski definition) is 6. The molecule has 3 heterocycles. The second-order valence-electron chi connectivity index (χ2n) is 10.1. The molecule has 0 aliphatic carbocycles. The maximum Gasteiger partial charge on any atom is 0.416 e. The van der Waals surface area contributed by atoms with Gasteiger partial charge in [-0.15, -0.1) is 0 Å². The molecule has 3 aromatic rings. The SMILES string of the molecule is FC(F)(F)c1cccc(C2CCN(CCNCc3nc(C4(c5ccc(Cl)cc5)CCOCC4)no3)CC2)c1. The molecule has 2 aliphatic rings. The topological polar surface area (TPSA) is 63.4 Å². The van der Waals surface area contributed by atoms with Gasteiger partial charge in [0.15, 0.2) is 5.82 Å². The number of benzene rings is 2. The molecule has 0 saturated carbocycles. The summed E-state index contributed by atoms with van der Waals surface area (Å²) >= 11 is 6.11. The zero-order chi connectivity index (χ0) is 26.6. The Hall–Kier alpha value is -2.46. The summed E-state index contributed by atoms with van der Waals surface area (Å²) in [4.78, 5) is 7.08. The third-order valence-electron chi connectivity index (χ3n) is 7.79. The van der Waals surface area contributed by atoms with Gasteiger partial charge in [-0.1, -0.05) is 47.1 Å². The molecule has 0 radical (unpaired) electrons. The van der Waals surface area contributed by atoms with Crippen molar-refractivity contribution in [2.24, 2.45) is 0 Å². The van der Waals surface area contributed by atoms with Crippen LogP contribution in [-0.4, -0.2) is 54.4 Å². The fourth-order valence-electron chi connectivity index (χ4n) is 5.54. The molecule has 0 unspecified atom stereocenters. The number of nitrogens with zero attached hydrogens (tertiary/aromatic N) is 3. The lowest BCUT2D eigenvalue weighted by Gasteiger charge is -2.34. The van der Waals surface area contributed by atoms with Crippen LogP contribution >= 0.6 is 11.6 Å². The second kappa shape index (κ2) is 11.7. The van der Waals surface area contributed by atoms with Crippen molar-refractivity contribution in [2.75, 3.05) is 39.4 Å². The molecule has 6 nitrogen and oxygen atoms in total. The van der Waals surface area contributed by atoms with Crippen molar-refractivity contribution in [1.29, 1.82) is 0 Å². The lowest BCUT2D eigenvalue weighted by molar-refractivity contribution is -0.137. The normalized spacial score (nSPS) is 19.1. The van der Waals surface area contributed by atoms with E-state index in [4.69, 9.17) is 25.8 Å². The molecule has 10 heteroatoms. The molecule has 2 aliphatic heterocycles. The molecule has 0 bridgehead atoms. The largest absolute Gasteiger partial charge is 0.416 e. The van der Waals surface area contributed by atoms with E-state index in [9.17, 15) is 13.2 Å². The van der Waals surface area contributed by atoms with Crippen LogP contribution in [0.4, 0.5) is 13.2 Å². The molecule has 0 spiro atoms. The van der Waals surface area contributed by atoms with Crippen LogP contribution in [0.25, 0.3) is 0 Å². The highest BCUT2D eigenvalue weighted by Crippen LogP contribution is 2.40. The van der Waals surface area contributed by atoms with Crippen molar-refractivity contribution < 1.29 is 22.4 Å². The quantitative estimate of drug-likeness (QED) is 0.359. The van der Waals surface area contributed by atoms with Crippen LogP contribution in [0.15, 0.2) is 53.1 Å². The summed E-state index contributed by atoms with van der Waals surface area (Å²) in [6.07, 6.45) is -1.05. The molecule has 1 aromatic heterocycles. The van der Waals surface area contributed by atoms with Crippen LogP contribution in [0.5, 0.6) is 0 Å². The molecule has 38 heavy (non-hydrogen) atoms. The number of halogens is 4. The van der Waals surface area contributed by atoms with Gasteiger partial charge in [0.1, 0.15) is 0 Å². The molecular formula is C28H32ClF3N4O2. The first-order valence-electron chi connectivity index (χ1n) is 13.1. The first-order valence-corrected chi connectivity index (χ1v) is 13.5. The summed E-state index contributed by atoms with van der Waals surface area (Å²) in [5, 5.41) is 8.42. The average molecular weight is 549 g/mol. The van der Waals surface area contributed by atoms with Crippen molar-refractivity contribution in [3.8, 4) is 0 Å². The van der Waals surface area contributed by atoms with Crippen molar-refractivity contribution in [3.63, 3.8) is 0 Å². The molecule has 5 rings (SSSR count). The molecule has 204 valence electrons. The Bertz CT molecular complexity index is 1190. The zero-order valence-electron chi connectivity index (χ0n) is 21.1. The Morgan fingerprint density at radius 2 is 1.79 bits per heavy atom. The fraction of sp³-hybridized carbons (Fsp3) is 0.500. The van der Waals surface area contributed by atoms with Gasteiger partial charge in [0, 0.05) is 31.3 Å². The number of rotatable bonds is 8. The second-order valence-corrected chi connectivity index (χ2v) is 10.6. The Morgan fingerprint density at radius 1 is 1.05 bits per heavy atom. The minimum absolute atomic E-state index is 0.163. The van der Waals surface area contributed by atoms with Gasteiger partial charge in [-0.3, -0.25) is 0 Å².